The van der Waals surface area contributed by atoms with Crippen molar-refractivity contribution in [1.82, 2.24) is 4.31 Å². The normalized spacial score (nSPS) is 16.3. The fraction of sp³-hybridized carbons (Fsp3) is 0.316. The Morgan fingerprint density at radius 1 is 1.10 bits per heavy atom. The molecule has 12 heteroatoms. The lowest BCUT2D eigenvalue weighted by Crippen LogP contribution is -3.15. The molecule has 1 aliphatic rings. The van der Waals surface area contributed by atoms with Crippen molar-refractivity contribution in [2.75, 3.05) is 38.0 Å². The van der Waals surface area contributed by atoms with Gasteiger partial charge in [-0.3, -0.25) is 4.79 Å². The molecule has 6 nitrogen and oxygen atoms in total. The quantitative estimate of drug-likeness (QED) is 0.668. The third kappa shape index (κ3) is 5.89. The summed E-state index contributed by atoms with van der Waals surface area (Å²) in [7, 11) is -3.84. The first kappa shape index (κ1) is 23.8. The van der Waals surface area contributed by atoms with Crippen molar-refractivity contribution in [3.05, 3.63) is 58.1 Å². The second kappa shape index (κ2) is 9.33. The standard InChI is InChI=1S/C19H18Cl2F3N3O3S/c20-14-4-5-16(21)17(11-14)31(29,30)27-8-6-26(7-9-27)12-18(28)25-15-3-1-2-13(10-15)19(22,23)24/h1-5,10-11H,6-9,12H2,(H,25,28)/p+1. The number of sulfonamides is 1. The molecule has 2 N–H and O–H groups in total. The zero-order valence-electron chi connectivity index (χ0n) is 16.0. The Morgan fingerprint density at radius 2 is 1.77 bits per heavy atom. The topological polar surface area (TPSA) is 70.9 Å². The van der Waals surface area contributed by atoms with E-state index in [0.29, 0.717) is 13.1 Å². The van der Waals surface area contributed by atoms with E-state index in [4.69, 9.17) is 23.2 Å². The highest BCUT2D eigenvalue weighted by Crippen LogP contribution is 2.30. The van der Waals surface area contributed by atoms with Crippen LogP contribution in [0.15, 0.2) is 47.4 Å². The summed E-state index contributed by atoms with van der Waals surface area (Å²) >= 11 is 11.9. The van der Waals surface area contributed by atoms with E-state index in [1.165, 1.54) is 34.6 Å². The van der Waals surface area contributed by atoms with Gasteiger partial charge in [0.05, 0.1) is 36.8 Å². The fourth-order valence-corrected chi connectivity index (χ4v) is 5.42. The van der Waals surface area contributed by atoms with Crippen molar-refractivity contribution in [3.8, 4) is 0 Å². The number of hydrogen-bond donors (Lipinski definition) is 2. The molecular formula is C19H19Cl2F3N3O3S+. The SMILES string of the molecule is O=C(C[NH+]1CCN(S(=O)(=O)c2cc(Cl)ccc2Cl)CC1)Nc1cccc(C(F)(F)F)c1. The zero-order valence-corrected chi connectivity index (χ0v) is 18.4. The molecule has 1 fully saturated rings. The minimum absolute atomic E-state index is 0.00204. The van der Waals surface area contributed by atoms with Crippen LogP contribution in [-0.4, -0.2) is 51.4 Å². The van der Waals surface area contributed by atoms with Gasteiger partial charge < -0.3 is 10.2 Å². The molecule has 1 heterocycles. The number of amides is 1. The van der Waals surface area contributed by atoms with Crippen LogP contribution in [0.25, 0.3) is 0 Å². The molecule has 1 amide bonds. The predicted molar refractivity (Wildman–Crippen MR) is 111 cm³/mol. The number of rotatable bonds is 5. The number of nitrogens with zero attached hydrogens (tertiary/aromatic N) is 1. The smallest absolute Gasteiger partial charge is 0.325 e. The molecule has 2 aromatic rings. The van der Waals surface area contributed by atoms with Crippen molar-refractivity contribution >= 4 is 44.8 Å². The summed E-state index contributed by atoms with van der Waals surface area (Å²) in [6, 6.07) is 8.59. The maximum absolute atomic E-state index is 12.8. The number of carbonyl (C=O) groups excluding carboxylic acids is 1. The van der Waals surface area contributed by atoms with Crippen LogP contribution in [0.1, 0.15) is 5.56 Å². The van der Waals surface area contributed by atoms with E-state index in [-0.39, 0.29) is 40.3 Å². The Balaban J connectivity index is 1.58. The summed E-state index contributed by atoms with van der Waals surface area (Å²) in [4.78, 5) is 13.0. The van der Waals surface area contributed by atoms with E-state index < -0.39 is 27.7 Å². The number of benzene rings is 2. The van der Waals surface area contributed by atoms with Gasteiger partial charge in [0.2, 0.25) is 10.0 Å². The van der Waals surface area contributed by atoms with Crippen LogP contribution in [0.3, 0.4) is 0 Å². The molecule has 1 saturated heterocycles. The van der Waals surface area contributed by atoms with Crippen molar-refractivity contribution in [2.45, 2.75) is 11.1 Å². The summed E-state index contributed by atoms with van der Waals surface area (Å²) in [6.45, 7) is 1.04. The van der Waals surface area contributed by atoms with Gasteiger partial charge in [0.1, 0.15) is 4.90 Å². The number of anilines is 1. The molecule has 0 spiro atoms. The van der Waals surface area contributed by atoms with Crippen LogP contribution in [0.4, 0.5) is 18.9 Å². The Hall–Kier alpha value is -1.85. The first-order valence-electron chi connectivity index (χ1n) is 9.23. The highest BCUT2D eigenvalue weighted by atomic mass is 35.5. The predicted octanol–water partition coefficient (Wildman–Crippen LogP) is 2.54. The number of piperazine rings is 1. The number of nitrogens with one attached hydrogen (secondary N) is 2. The summed E-state index contributed by atoms with van der Waals surface area (Å²) in [5.74, 6) is -0.455. The fourth-order valence-electron chi connectivity index (χ4n) is 3.24. The van der Waals surface area contributed by atoms with Gasteiger partial charge in [-0.1, -0.05) is 29.3 Å². The van der Waals surface area contributed by atoms with Crippen LogP contribution in [-0.2, 0) is 21.0 Å². The van der Waals surface area contributed by atoms with E-state index in [1.54, 1.807) is 0 Å². The molecule has 2 aromatic carbocycles. The summed E-state index contributed by atoms with van der Waals surface area (Å²) in [5, 5.41) is 2.78. The lowest BCUT2D eigenvalue weighted by atomic mass is 10.2. The summed E-state index contributed by atoms with van der Waals surface area (Å²) < 4.78 is 65.4. The number of carbonyl (C=O) groups is 1. The summed E-state index contributed by atoms with van der Waals surface area (Å²) in [6.07, 6.45) is -4.50. The van der Waals surface area contributed by atoms with Gasteiger partial charge in [-0.25, -0.2) is 8.42 Å². The van der Waals surface area contributed by atoms with Crippen molar-refractivity contribution in [3.63, 3.8) is 0 Å². The average molecular weight is 497 g/mol. The second-order valence-electron chi connectivity index (χ2n) is 7.03. The molecule has 0 bridgehead atoms. The van der Waals surface area contributed by atoms with Gasteiger partial charge in [0.15, 0.2) is 6.54 Å². The Labute approximate surface area is 187 Å². The Bertz CT molecular complexity index is 1070. The zero-order chi connectivity index (χ0) is 22.8. The third-order valence-corrected chi connectivity index (χ3v) is 7.44. The van der Waals surface area contributed by atoms with Crippen molar-refractivity contribution < 1.29 is 31.3 Å². The van der Waals surface area contributed by atoms with Gasteiger partial charge in [-0.05, 0) is 36.4 Å². The van der Waals surface area contributed by atoms with E-state index >= 15 is 0 Å². The highest BCUT2D eigenvalue weighted by Gasteiger charge is 2.33. The van der Waals surface area contributed by atoms with Crippen LogP contribution in [0.5, 0.6) is 0 Å². The van der Waals surface area contributed by atoms with E-state index in [1.807, 2.05) is 0 Å². The van der Waals surface area contributed by atoms with Crippen molar-refractivity contribution in [1.29, 1.82) is 0 Å². The van der Waals surface area contributed by atoms with Gasteiger partial charge in [-0.2, -0.15) is 17.5 Å². The van der Waals surface area contributed by atoms with Crippen LogP contribution >= 0.6 is 23.2 Å². The second-order valence-corrected chi connectivity index (χ2v) is 9.78. The third-order valence-electron chi connectivity index (χ3n) is 4.82. The molecule has 0 atom stereocenters. The van der Waals surface area contributed by atoms with Crippen molar-refractivity contribution in [2.24, 2.45) is 0 Å². The van der Waals surface area contributed by atoms with Crippen LogP contribution in [0.2, 0.25) is 10.0 Å². The van der Waals surface area contributed by atoms with Crippen LogP contribution in [0, 0.1) is 0 Å². The van der Waals surface area contributed by atoms with E-state index in [0.717, 1.165) is 17.0 Å². The molecule has 0 aromatic heterocycles. The molecule has 31 heavy (non-hydrogen) atoms. The Morgan fingerprint density at radius 3 is 2.42 bits per heavy atom. The average Bonchev–Trinajstić information content (AvgIpc) is 2.69. The van der Waals surface area contributed by atoms with E-state index in [2.05, 4.69) is 5.32 Å². The molecule has 0 saturated carbocycles. The van der Waals surface area contributed by atoms with Gasteiger partial charge in [0, 0.05) is 10.7 Å². The number of hydrogen-bond acceptors (Lipinski definition) is 3. The van der Waals surface area contributed by atoms with Gasteiger partial charge >= 0.3 is 6.18 Å². The lowest BCUT2D eigenvalue weighted by Gasteiger charge is -2.31. The number of alkyl halides is 3. The maximum atomic E-state index is 12.8. The molecular weight excluding hydrogens is 478 g/mol. The van der Waals surface area contributed by atoms with E-state index in [9.17, 15) is 26.4 Å². The van der Waals surface area contributed by atoms with Gasteiger partial charge in [-0.15, -0.1) is 0 Å². The molecule has 168 valence electrons. The first-order valence-corrected chi connectivity index (χ1v) is 11.4. The number of halogens is 5. The maximum Gasteiger partial charge on any atom is 0.416 e. The molecule has 1 aliphatic heterocycles. The number of quaternary nitrogens is 1. The lowest BCUT2D eigenvalue weighted by molar-refractivity contribution is -0.895. The first-order chi connectivity index (χ1) is 14.5. The molecule has 0 radical (unpaired) electrons. The van der Waals surface area contributed by atoms with Gasteiger partial charge in [0.25, 0.3) is 5.91 Å². The molecule has 0 aliphatic carbocycles. The minimum atomic E-state index is -4.50. The summed E-state index contributed by atoms with van der Waals surface area (Å²) in [5.41, 5.74) is -0.799. The minimum Gasteiger partial charge on any atom is -0.325 e. The largest absolute Gasteiger partial charge is 0.416 e. The highest BCUT2D eigenvalue weighted by molar-refractivity contribution is 7.89. The molecule has 3 rings (SSSR count). The Kier molecular flexibility index (Phi) is 7.17. The van der Waals surface area contributed by atoms with Crippen LogP contribution < -0.4 is 10.2 Å². The molecule has 0 unspecified atom stereocenters. The monoisotopic (exact) mass is 496 g/mol.